The number of benzene rings is 1. The maximum absolute atomic E-state index is 12.2. The second kappa shape index (κ2) is 9.05. The van der Waals surface area contributed by atoms with Crippen molar-refractivity contribution in [2.45, 2.75) is 39.2 Å². The molecule has 136 valence electrons. The highest BCUT2D eigenvalue weighted by atomic mass is 16.5. The minimum absolute atomic E-state index is 0.0418. The number of nitrogens with zero attached hydrogens (tertiary/aromatic N) is 1. The molecule has 1 aromatic carbocycles. The lowest BCUT2D eigenvalue weighted by atomic mass is 10.2. The number of esters is 1. The van der Waals surface area contributed by atoms with Gasteiger partial charge in [0.05, 0.1) is 25.7 Å². The Bertz CT molecular complexity index is 614. The molecule has 1 heterocycles. The SMILES string of the molecule is CCOC(=O)CCC(=O)N[C@H]1CC(=O)N(c2ccc(OCC)cc2)C1. The van der Waals surface area contributed by atoms with Crippen LogP contribution in [0.15, 0.2) is 24.3 Å². The van der Waals surface area contributed by atoms with Gasteiger partial charge in [0.1, 0.15) is 5.75 Å². The van der Waals surface area contributed by atoms with Gasteiger partial charge in [-0.25, -0.2) is 0 Å². The van der Waals surface area contributed by atoms with Gasteiger partial charge in [-0.2, -0.15) is 0 Å². The van der Waals surface area contributed by atoms with Gasteiger partial charge in [0, 0.05) is 25.1 Å². The lowest BCUT2D eigenvalue weighted by molar-refractivity contribution is -0.144. The highest BCUT2D eigenvalue weighted by Gasteiger charge is 2.31. The molecule has 2 amide bonds. The van der Waals surface area contributed by atoms with E-state index in [0.717, 1.165) is 11.4 Å². The van der Waals surface area contributed by atoms with E-state index in [0.29, 0.717) is 19.8 Å². The first-order chi connectivity index (χ1) is 12.0. The Morgan fingerprint density at radius 1 is 1.16 bits per heavy atom. The fourth-order valence-electron chi connectivity index (χ4n) is 2.69. The molecule has 0 bridgehead atoms. The van der Waals surface area contributed by atoms with Crippen molar-refractivity contribution in [1.29, 1.82) is 0 Å². The number of hydrogen-bond acceptors (Lipinski definition) is 5. The highest BCUT2D eigenvalue weighted by molar-refractivity contribution is 5.97. The molecule has 0 unspecified atom stereocenters. The summed E-state index contributed by atoms with van der Waals surface area (Å²) in [5, 5.41) is 2.80. The summed E-state index contributed by atoms with van der Waals surface area (Å²) in [6.07, 6.45) is 0.355. The molecular weight excluding hydrogens is 324 g/mol. The first kappa shape index (κ1) is 18.8. The Labute approximate surface area is 147 Å². The Morgan fingerprint density at radius 3 is 2.52 bits per heavy atom. The zero-order valence-corrected chi connectivity index (χ0v) is 14.6. The van der Waals surface area contributed by atoms with E-state index in [9.17, 15) is 14.4 Å². The van der Waals surface area contributed by atoms with Crippen LogP contribution in [0.1, 0.15) is 33.1 Å². The number of amides is 2. The third-order valence-electron chi connectivity index (χ3n) is 3.81. The van der Waals surface area contributed by atoms with E-state index >= 15 is 0 Å². The number of ether oxygens (including phenoxy) is 2. The quantitative estimate of drug-likeness (QED) is 0.722. The van der Waals surface area contributed by atoms with E-state index in [1.54, 1.807) is 11.8 Å². The average Bonchev–Trinajstić information content (AvgIpc) is 2.94. The molecule has 25 heavy (non-hydrogen) atoms. The van der Waals surface area contributed by atoms with E-state index in [-0.39, 0.29) is 37.1 Å². The summed E-state index contributed by atoms with van der Waals surface area (Å²) in [6.45, 7) is 4.93. The maximum Gasteiger partial charge on any atom is 0.306 e. The zero-order valence-electron chi connectivity index (χ0n) is 14.6. The average molecular weight is 348 g/mol. The van der Waals surface area contributed by atoms with Crippen LogP contribution in [-0.2, 0) is 19.1 Å². The fraction of sp³-hybridized carbons (Fsp3) is 0.500. The molecule has 1 atom stereocenters. The summed E-state index contributed by atoms with van der Waals surface area (Å²) in [6, 6.07) is 7.03. The van der Waals surface area contributed by atoms with Crippen molar-refractivity contribution in [2.24, 2.45) is 0 Å². The first-order valence-corrected chi connectivity index (χ1v) is 8.51. The molecule has 0 aromatic heterocycles. The summed E-state index contributed by atoms with van der Waals surface area (Å²) < 4.78 is 10.2. The molecule has 0 radical (unpaired) electrons. The molecule has 0 spiro atoms. The molecule has 1 aliphatic rings. The lowest BCUT2D eigenvalue weighted by Crippen LogP contribution is -2.37. The molecule has 1 N–H and O–H groups in total. The Hall–Kier alpha value is -2.57. The largest absolute Gasteiger partial charge is 0.494 e. The van der Waals surface area contributed by atoms with Crippen LogP contribution >= 0.6 is 0 Å². The van der Waals surface area contributed by atoms with Crippen LogP contribution in [0.4, 0.5) is 5.69 Å². The summed E-state index contributed by atoms with van der Waals surface area (Å²) in [4.78, 5) is 37.0. The number of carbonyl (C=O) groups is 3. The highest BCUT2D eigenvalue weighted by Crippen LogP contribution is 2.24. The molecule has 1 aromatic rings. The number of anilines is 1. The van der Waals surface area contributed by atoms with Crippen LogP contribution in [0.5, 0.6) is 5.75 Å². The maximum atomic E-state index is 12.2. The van der Waals surface area contributed by atoms with Crippen molar-refractivity contribution in [3.63, 3.8) is 0 Å². The summed E-state index contributed by atoms with van der Waals surface area (Å²) in [5.41, 5.74) is 0.775. The molecule has 7 heteroatoms. The van der Waals surface area contributed by atoms with Gasteiger partial charge in [-0.3, -0.25) is 14.4 Å². The standard InChI is InChI=1S/C18H24N2O5/c1-3-24-15-7-5-14(6-8-15)20-12-13(11-17(20)22)19-16(21)9-10-18(23)25-4-2/h5-8,13H,3-4,9-12H2,1-2H3,(H,19,21)/t13-/m0/s1. The van der Waals surface area contributed by atoms with Gasteiger partial charge in [0.15, 0.2) is 0 Å². The molecular formula is C18H24N2O5. The fourth-order valence-corrected chi connectivity index (χ4v) is 2.69. The summed E-state index contributed by atoms with van der Waals surface area (Å²) >= 11 is 0. The van der Waals surface area contributed by atoms with Gasteiger partial charge in [-0.1, -0.05) is 0 Å². The van der Waals surface area contributed by atoms with Crippen LogP contribution < -0.4 is 15.0 Å². The van der Waals surface area contributed by atoms with Crippen LogP contribution in [-0.4, -0.2) is 43.6 Å². The molecule has 1 fully saturated rings. The summed E-state index contributed by atoms with van der Waals surface area (Å²) in [7, 11) is 0. The molecule has 0 aliphatic carbocycles. The topological polar surface area (TPSA) is 84.9 Å². The molecule has 2 rings (SSSR count). The van der Waals surface area contributed by atoms with Crippen molar-refractivity contribution in [3.05, 3.63) is 24.3 Å². The minimum Gasteiger partial charge on any atom is -0.494 e. The van der Waals surface area contributed by atoms with Crippen LogP contribution in [0.2, 0.25) is 0 Å². The number of rotatable bonds is 8. The Balaban J connectivity index is 1.85. The van der Waals surface area contributed by atoms with E-state index in [4.69, 9.17) is 9.47 Å². The normalized spacial score (nSPS) is 16.6. The van der Waals surface area contributed by atoms with Gasteiger partial charge in [-0.15, -0.1) is 0 Å². The molecule has 1 aliphatic heterocycles. The first-order valence-electron chi connectivity index (χ1n) is 8.51. The van der Waals surface area contributed by atoms with Gasteiger partial charge in [0.25, 0.3) is 0 Å². The van der Waals surface area contributed by atoms with Crippen molar-refractivity contribution in [2.75, 3.05) is 24.7 Å². The predicted octanol–water partition coefficient (Wildman–Crippen LogP) is 1.65. The van der Waals surface area contributed by atoms with Crippen molar-refractivity contribution < 1.29 is 23.9 Å². The minimum atomic E-state index is -0.392. The zero-order chi connectivity index (χ0) is 18.2. The van der Waals surface area contributed by atoms with Crippen molar-refractivity contribution >= 4 is 23.5 Å². The molecule has 7 nitrogen and oxygen atoms in total. The van der Waals surface area contributed by atoms with Crippen molar-refractivity contribution in [3.8, 4) is 5.75 Å². The van der Waals surface area contributed by atoms with Crippen LogP contribution in [0.3, 0.4) is 0 Å². The number of carbonyl (C=O) groups excluding carboxylic acids is 3. The second-order valence-electron chi connectivity index (χ2n) is 5.70. The Kier molecular flexibility index (Phi) is 6.80. The van der Waals surface area contributed by atoms with Gasteiger partial charge in [-0.05, 0) is 38.1 Å². The number of hydrogen-bond donors (Lipinski definition) is 1. The molecule has 0 saturated carbocycles. The predicted molar refractivity (Wildman–Crippen MR) is 92.4 cm³/mol. The summed E-state index contributed by atoms with van der Waals surface area (Å²) in [5.74, 6) is 0.0668. The van der Waals surface area contributed by atoms with Gasteiger partial charge >= 0.3 is 5.97 Å². The van der Waals surface area contributed by atoms with E-state index in [1.807, 2.05) is 31.2 Å². The Morgan fingerprint density at radius 2 is 1.88 bits per heavy atom. The third kappa shape index (κ3) is 5.48. The van der Waals surface area contributed by atoms with Crippen LogP contribution in [0.25, 0.3) is 0 Å². The second-order valence-corrected chi connectivity index (χ2v) is 5.70. The smallest absolute Gasteiger partial charge is 0.306 e. The van der Waals surface area contributed by atoms with Gasteiger partial charge < -0.3 is 19.7 Å². The van der Waals surface area contributed by atoms with Crippen LogP contribution in [0, 0.1) is 0 Å². The monoisotopic (exact) mass is 348 g/mol. The van der Waals surface area contributed by atoms with E-state index in [1.165, 1.54) is 0 Å². The third-order valence-corrected chi connectivity index (χ3v) is 3.81. The van der Waals surface area contributed by atoms with Crippen molar-refractivity contribution in [1.82, 2.24) is 5.32 Å². The molecule has 1 saturated heterocycles. The van der Waals surface area contributed by atoms with E-state index < -0.39 is 5.97 Å². The van der Waals surface area contributed by atoms with E-state index in [2.05, 4.69) is 5.32 Å². The van der Waals surface area contributed by atoms with Gasteiger partial charge in [0.2, 0.25) is 11.8 Å². The number of nitrogens with one attached hydrogen (secondary N) is 1. The lowest BCUT2D eigenvalue weighted by Gasteiger charge is -2.17.